The van der Waals surface area contributed by atoms with Crippen molar-refractivity contribution in [1.82, 2.24) is 19.9 Å². The molecule has 8 nitrogen and oxygen atoms in total. The van der Waals surface area contributed by atoms with Gasteiger partial charge in [0.1, 0.15) is 11.1 Å². The molecule has 5 heterocycles. The molecular weight excluding hydrogens is 596 g/mol. The lowest BCUT2D eigenvalue weighted by Crippen LogP contribution is -2.69. The average Bonchev–Trinajstić information content (AvgIpc) is 3.97. The standard InChI is InChI=1S/C40H38N6O2/c1-47-37-31-27-21-9-3-4-10-22(21)30(36(31)43-38(44-37)48-2)29-24-18-23(28(27)29)34-35(24)40(26-12-6-8-16-42-26)33-20-14-13-19(17-20)32(33)39(34,45-46-40)25-11-5-7-15-41-25/h3-12,15-16,19-20,23-24,27-30,32-35H,13-14,17-18H2,1-2H3/t19-,20+,23-,24+,27+,28-,29-,30-,32+,33-,34-,35+,39+,40-/m1/s1. The van der Waals surface area contributed by atoms with Crippen LogP contribution in [0.15, 0.2) is 83.3 Å². The normalized spacial score (nSPS) is 43.8. The number of hydrogen-bond acceptors (Lipinski definition) is 8. The first-order valence-electron chi connectivity index (χ1n) is 18.1. The van der Waals surface area contributed by atoms with Crippen LogP contribution in [0.2, 0.25) is 0 Å². The largest absolute Gasteiger partial charge is 0.481 e. The van der Waals surface area contributed by atoms with Crippen LogP contribution in [0.25, 0.3) is 0 Å². The fourth-order valence-electron chi connectivity index (χ4n) is 14.5. The van der Waals surface area contributed by atoms with Gasteiger partial charge < -0.3 is 9.47 Å². The smallest absolute Gasteiger partial charge is 0.319 e. The van der Waals surface area contributed by atoms with Crippen LogP contribution >= 0.6 is 0 Å². The zero-order valence-corrected chi connectivity index (χ0v) is 27.2. The molecule has 8 bridgehead atoms. The molecule has 14 atom stereocenters. The summed E-state index contributed by atoms with van der Waals surface area (Å²) in [5, 5.41) is 11.3. The van der Waals surface area contributed by atoms with Gasteiger partial charge in [0.05, 0.1) is 31.3 Å². The summed E-state index contributed by atoms with van der Waals surface area (Å²) < 4.78 is 11.8. The number of aromatic nitrogens is 4. The molecule has 4 aromatic rings. The molecule has 0 radical (unpaired) electrons. The maximum atomic E-state index is 6.08. The van der Waals surface area contributed by atoms with E-state index in [4.69, 9.17) is 39.6 Å². The highest BCUT2D eigenvalue weighted by atomic mass is 16.5. The van der Waals surface area contributed by atoms with Crippen molar-refractivity contribution >= 4 is 0 Å². The minimum Gasteiger partial charge on any atom is -0.481 e. The predicted molar refractivity (Wildman–Crippen MR) is 175 cm³/mol. The van der Waals surface area contributed by atoms with E-state index in [-0.39, 0.29) is 11.8 Å². The SMILES string of the molecule is COc1nc(OC)c2c(n1)[C@@H]1c3ccccc3[C@H]2[C@H]2[C@H]3C[C@@H]([C@@H]12)[C@H]1[C@@H]3[C@@]2(c3ccccn3)N=N[C@]1(c1ccccn1)[C@@H]1[C@H]3CC[C@H](C3)[C@@H]12. The summed E-state index contributed by atoms with van der Waals surface area (Å²) in [6, 6.07) is 22.6. The molecule has 0 saturated heterocycles. The van der Waals surface area contributed by atoms with E-state index in [2.05, 4.69) is 60.7 Å². The molecule has 0 spiro atoms. The molecule has 0 N–H and O–H groups in total. The van der Waals surface area contributed by atoms with E-state index in [0.717, 1.165) is 17.1 Å². The Morgan fingerprint density at radius 1 is 0.625 bits per heavy atom. The number of azo groups is 1. The molecule has 14 rings (SSSR count). The highest BCUT2D eigenvalue weighted by Gasteiger charge is 2.83. The number of methoxy groups -OCH3 is 2. The van der Waals surface area contributed by atoms with Crippen molar-refractivity contribution in [3.05, 3.63) is 107 Å². The van der Waals surface area contributed by atoms with Crippen molar-refractivity contribution in [2.75, 3.05) is 14.2 Å². The van der Waals surface area contributed by atoms with E-state index < -0.39 is 11.1 Å². The van der Waals surface area contributed by atoms with Gasteiger partial charge in [-0.05, 0) is 96.6 Å². The molecule has 10 aliphatic rings. The monoisotopic (exact) mass is 634 g/mol. The van der Waals surface area contributed by atoms with Crippen LogP contribution in [0, 0.1) is 59.2 Å². The number of pyridine rings is 2. The molecule has 240 valence electrons. The Morgan fingerprint density at radius 2 is 1.21 bits per heavy atom. The number of rotatable bonds is 4. The van der Waals surface area contributed by atoms with Crippen LogP contribution in [-0.4, -0.2) is 34.2 Å². The van der Waals surface area contributed by atoms with E-state index >= 15 is 0 Å². The minimum absolute atomic E-state index is 0.160. The van der Waals surface area contributed by atoms with Gasteiger partial charge in [-0.15, -0.1) is 0 Å². The molecule has 8 heteroatoms. The van der Waals surface area contributed by atoms with Crippen molar-refractivity contribution in [2.45, 2.75) is 48.6 Å². The predicted octanol–water partition coefficient (Wildman–Crippen LogP) is 6.92. The van der Waals surface area contributed by atoms with Crippen LogP contribution < -0.4 is 9.47 Å². The molecule has 2 aliphatic heterocycles. The highest BCUT2D eigenvalue weighted by molar-refractivity contribution is 5.59. The van der Waals surface area contributed by atoms with Crippen LogP contribution in [-0.2, 0) is 11.1 Å². The van der Waals surface area contributed by atoms with E-state index in [1.807, 2.05) is 12.4 Å². The van der Waals surface area contributed by atoms with Gasteiger partial charge in [-0.3, -0.25) is 9.97 Å². The Hall–Kier alpha value is -4.20. The summed E-state index contributed by atoms with van der Waals surface area (Å²) in [6.07, 6.45) is 9.07. The first-order chi connectivity index (χ1) is 23.7. The zero-order chi connectivity index (χ0) is 31.5. The molecule has 8 aliphatic carbocycles. The fourth-order valence-corrected chi connectivity index (χ4v) is 14.5. The maximum absolute atomic E-state index is 6.08. The van der Waals surface area contributed by atoms with Gasteiger partial charge >= 0.3 is 6.01 Å². The van der Waals surface area contributed by atoms with Crippen molar-refractivity contribution in [2.24, 2.45) is 69.4 Å². The fraction of sp³-hybridized carbons (Fsp3) is 0.500. The third kappa shape index (κ3) is 2.76. The van der Waals surface area contributed by atoms with Crippen LogP contribution in [0.3, 0.4) is 0 Å². The van der Waals surface area contributed by atoms with E-state index in [9.17, 15) is 0 Å². The minimum atomic E-state index is -0.406. The lowest BCUT2D eigenvalue weighted by Gasteiger charge is -2.68. The molecule has 1 aromatic carbocycles. The van der Waals surface area contributed by atoms with Crippen molar-refractivity contribution in [3.8, 4) is 11.9 Å². The first-order valence-corrected chi connectivity index (χ1v) is 18.1. The summed E-state index contributed by atoms with van der Waals surface area (Å²) in [6.45, 7) is 0. The Balaban J connectivity index is 1.15. The van der Waals surface area contributed by atoms with Crippen molar-refractivity contribution < 1.29 is 9.47 Å². The molecule has 5 fully saturated rings. The van der Waals surface area contributed by atoms with Crippen LogP contribution in [0.1, 0.15) is 71.3 Å². The van der Waals surface area contributed by atoms with Gasteiger partial charge in [-0.25, -0.2) is 0 Å². The van der Waals surface area contributed by atoms with Gasteiger partial charge in [0.2, 0.25) is 5.88 Å². The molecule has 0 amide bonds. The Labute approximate surface area is 279 Å². The topological polar surface area (TPSA) is 94.7 Å². The second-order valence-corrected chi connectivity index (χ2v) is 16.0. The number of ether oxygens (including phenoxy) is 2. The Kier molecular flexibility index (Phi) is 4.94. The Morgan fingerprint density at radius 3 is 1.77 bits per heavy atom. The van der Waals surface area contributed by atoms with Crippen molar-refractivity contribution in [3.63, 3.8) is 0 Å². The molecule has 5 saturated carbocycles. The molecule has 0 unspecified atom stereocenters. The molecule has 3 aromatic heterocycles. The summed E-state index contributed by atoms with van der Waals surface area (Å²) in [4.78, 5) is 20.3. The zero-order valence-electron chi connectivity index (χ0n) is 27.2. The summed E-state index contributed by atoms with van der Waals surface area (Å²) in [5.41, 5.74) is 6.63. The molecular formula is C40H38N6O2. The van der Waals surface area contributed by atoms with E-state index in [0.29, 0.717) is 71.1 Å². The van der Waals surface area contributed by atoms with Crippen molar-refractivity contribution in [1.29, 1.82) is 0 Å². The van der Waals surface area contributed by atoms with Crippen LogP contribution in [0.5, 0.6) is 11.9 Å². The van der Waals surface area contributed by atoms with E-state index in [1.165, 1.54) is 42.4 Å². The highest BCUT2D eigenvalue weighted by Crippen LogP contribution is 2.84. The Bertz CT molecular complexity index is 2040. The third-order valence-corrected chi connectivity index (χ3v) is 15.1. The summed E-state index contributed by atoms with van der Waals surface area (Å²) >= 11 is 0. The summed E-state index contributed by atoms with van der Waals surface area (Å²) in [5.74, 6) is 5.71. The summed E-state index contributed by atoms with van der Waals surface area (Å²) in [7, 11) is 3.40. The number of fused-ring (bicyclic) bond motifs is 4. The quantitative estimate of drug-likeness (QED) is 0.242. The van der Waals surface area contributed by atoms with Gasteiger partial charge in [0.25, 0.3) is 0 Å². The first kappa shape index (κ1) is 26.7. The van der Waals surface area contributed by atoms with E-state index in [1.54, 1.807) is 14.2 Å². The lowest BCUT2D eigenvalue weighted by atomic mass is 9.38. The van der Waals surface area contributed by atoms with Gasteiger partial charge in [0, 0.05) is 53.5 Å². The van der Waals surface area contributed by atoms with Gasteiger partial charge in [-0.1, -0.05) is 36.4 Å². The molecule has 48 heavy (non-hydrogen) atoms. The second kappa shape index (κ2) is 8.87. The van der Waals surface area contributed by atoms with Crippen LogP contribution in [0.4, 0.5) is 0 Å². The second-order valence-electron chi connectivity index (χ2n) is 16.0. The number of hydrogen-bond donors (Lipinski definition) is 0. The third-order valence-electron chi connectivity index (χ3n) is 15.1. The number of nitrogens with zero attached hydrogens (tertiary/aromatic N) is 6. The maximum Gasteiger partial charge on any atom is 0.319 e. The average molecular weight is 635 g/mol. The lowest BCUT2D eigenvalue weighted by molar-refractivity contribution is -0.166. The van der Waals surface area contributed by atoms with Gasteiger partial charge in [0.15, 0.2) is 0 Å². The van der Waals surface area contributed by atoms with Gasteiger partial charge in [-0.2, -0.15) is 20.2 Å². The number of benzene rings is 1.